The van der Waals surface area contributed by atoms with E-state index >= 15 is 0 Å². The Bertz CT molecular complexity index is 621. The second kappa shape index (κ2) is 5.42. The molecule has 9 nitrogen and oxygen atoms in total. The average molecular weight is 337 g/mol. The van der Waals surface area contributed by atoms with Crippen molar-refractivity contribution in [2.24, 2.45) is 10.7 Å². The number of alkyl halides is 3. The van der Waals surface area contributed by atoms with Gasteiger partial charge in [-0.25, -0.2) is 9.98 Å². The van der Waals surface area contributed by atoms with Crippen LogP contribution in [0.2, 0.25) is 0 Å². The molecule has 128 valence electrons. The van der Waals surface area contributed by atoms with Crippen molar-refractivity contribution in [2.75, 3.05) is 6.61 Å². The molecule has 2 aliphatic rings. The lowest BCUT2D eigenvalue weighted by atomic mass is 10.1. The zero-order chi connectivity index (χ0) is 16.9. The molecule has 3 rings (SSSR count). The number of aliphatic hydroxyl groups excluding tert-OH is 3. The number of nitrogens with two attached hydrogens (primary N) is 1. The van der Waals surface area contributed by atoms with Gasteiger partial charge in [-0.2, -0.15) is 0 Å². The molecule has 0 amide bonds. The third kappa shape index (κ3) is 2.48. The van der Waals surface area contributed by atoms with Crippen LogP contribution in [-0.4, -0.2) is 67.3 Å². The molecule has 23 heavy (non-hydrogen) atoms. The van der Waals surface area contributed by atoms with Crippen LogP contribution in [0.5, 0.6) is 0 Å². The predicted molar refractivity (Wildman–Crippen MR) is 68.2 cm³/mol. The Hall–Kier alpha value is -1.73. The number of hydrogen-bond acceptors (Lipinski definition) is 8. The number of nitrogens with zero attached hydrogens (tertiary/aromatic N) is 4. The van der Waals surface area contributed by atoms with E-state index in [1.54, 1.807) is 0 Å². The van der Waals surface area contributed by atoms with Gasteiger partial charge >= 0.3 is 6.30 Å². The lowest BCUT2D eigenvalue weighted by Gasteiger charge is -2.30. The molecule has 1 saturated heterocycles. The van der Waals surface area contributed by atoms with Crippen molar-refractivity contribution in [1.82, 2.24) is 14.5 Å². The minimum absolute atomic E-state index is 0.0205. The SMILES string of the molecule is NC1c2ncn([C@@H]3O[C@H](CO)C(O)C3O)c2N=CN1C(F)(F)F. The van der Waals surface area contributed by atoms with E-state index in [1.165, 1.54) is 4.57 Å². The normalized spacial score (nSPS) is 34.0. The Morgan fingerprint density at radius 2 is 2.00 bits per heavy atom. The van der Waals surface area contributed by atoms with Crippen molar-refractivity contribution < 1.29 is 33.2 Å². The number of aliphatic hydroxyl groups is 3. The van der Waals surface area contributed by atoms with Gasteiger partial charge in [-0.15, -0.1) is 13.2 Å². The third-order valence-electron chi connectivity index (χ3n) is 3.76. The zero-order valence-corrected chi connectivity index (χ0v) is 11.5. The van der Waals surface area contributed by atoms with Gasteiger partial charge in [0.05, 0.1) is 12.9 Å². The molecule has 0 aromatic carbocycles. The first kappa shape index (κ1) is 16.1. The van der Waals surface area contributed by atoms with Crippen molar-refractivity contribution in [3.05, 3.63) is 12.0 Å². The van der Waals surface area contributed by atoms with Gasteiger partial charge in [-0.3, -0.25) is 9.47 Å². The summed E-state index contributed by atoms with van der Waals surface area (Å²) in [5, 5.41) is 28.8. The molecule has 5 N–H and O–H groups in total. The Kier molecular flexibility index (Phi) is 3.80. The fourth-order valence-corrected chi connectivity index (χ4v) is 2.55. The predicted octanol–water partition coefficient (Wildman–Crippen LogP) is -1.05. The molecule has 3 unspecified atom stereocenters. The molecule has 3 heterocycles. The van der Waals surface area contributed by atoms with E-state index in [2.05, 4.69) is 9.98 Å². The Labute approximate surface area is 127 Å². The van der Waals surface area contributed by atoms with Crippen molar-refractivity contribution >= 4 is 12.2 Å². The highest BCUT2D eigenvalue weighted by Crippen LogP contribution is 2.39. The largest absolute Gasteiger partial charge is 0.487 e. The number of ether oxygens (including phenoxy) is 1. The van der Waals surface area contributed by atoms with Crippen LogP contribution < -0.4 is 5.73 Å². The Morgan fingerprint density at radius 1 is 1.30 bits per heavy atom. The molecule has 0 bridgehead atoms. The van der Waals surface area contributed by atoms with Crippen LogP contribution in [0.25, 0.3) is 0 Å². The van der Waals surface area contributed by atoms with Gasteiger partial charge < -0.3 is 25.8 Å². The molecular formula is C11H14F3N5O4. The first-order valence-electron chi connectivity index (χ1n) is 6.59. The molecule has 12 heteroatoms. The van der Waals surface area contributed by atoms with Crippen LogP contribution in [0.15, 0.2) is 11.3 Å². The van der Waals surface area contributed by atoms with E-state index in [4.69, 9.17) is 15.6 Å². The first-order valence-corrected chi connectivity index (χ1v) is 6.59. The summed E-state index contributed by atoms with van der Waals surface area (Å²) < 4.78 is 44.9. The second-order valence-electron chi connectivity index (χ2n) is 5.15. The number of halogens is 3. The van der Waals surface area contributed by atoms with Gasteiger partial charge in [-0.05, 0) is 0 Å². The van der Waals surface area contributed by atoms with Crippen molar-refractivity contribution in [3.63, 3.8) is 0 Å². The van der Waals surface area contributed by atoms with Gasteiger partial charge in [0.25, 0.3) is 0 Å². The van der Waals surface area contributed by atoms with Crippen LogP contribution in [0.1, 0.15) is 18.1 Å². The van der Waals surface area contributed by atoms with Crippen LogP contribution in [0.3, 0.4) is 0 Å². The standard InChI is InChI=1S/C11H14F3N5O4/c12-11(13,14)19-3-17-9-5(8(19)15)16-2-18(9)10-7(22)6(21)4(1-20)23-10/h2-4,6-8,10,20-22H,1,15H2/t4-,6?,7?,8?,10-/m1/s1. The van der Waals surface area contributed by atoms with Crippen LogP contribution >= 0.6 is 0 Å². The molecule has 0 saturated carbocycles. The summed E-state index contributed by atoms with van der Waals surface area (Å²) in [6.45, 7) is -0.532. The van der Waals surface area contributed by atoms with Gasteiger partial charge in [0.2, 0.25) is 0 Å². The molecule has 2 aliphatic heterocycles. The van der Waals surface area contributed by atoms with Gasteiger partial charge in [0.15, 0.2) is 12.0 Å². The molecule has 5 atom stereocenters. The summed E-state index contributed by atoms with van der Waals surface area (Å²) in [5.41, 5.74) is 5.40. The van der Waals surface area contributed by atoms with Crippen LogP contribution in [0.4, 0.5) is 19.0 Å². The molecule has 0 spiro atoms. The summed E-state index contributed by atoms with van der Waals surface area (Å²) >= 11 is 0. The highest BCUT2D eigenvalue weighted by Gasteiger charge is 2.47. The van der Waals surface area contributed by atoms with Gasteiger partial charge in [-0.1, -0.05) is 0 Å². The van der Waals surface area contributed by atoms with Crippen LogP contribution in [0, 0.1) is 0 Å². The molecule has 1 aromatic rings. The van der Waals surface area contributed by atoms with Crippen molar-refractivity contribution in [3.8, 4) is 0 Å². The smallest absolute Gasteiger partial charge is 0.394 e. The topological polar surface area (TPSA) is 129 Å². The molecule has 0 aliphatic carbocycles. The monoisotopic (exact) mass is 337 g/mol. The van der Waals surface area contributed by atoms with Gasteiger partial charge in [0.1, 0.15) is 36.5 Å². The average Bonchev–Trinajstić information content (AvgIpc) is 3.01. The fraction of sp³-hybridized carbons (Fsp3) is 0.636. The summed E-state index contributed by atoms with van der Waals surface area (Å²) in [7, 11) is 0. The molecule has 1 fully saturated rings. The summed E-state index contributed by atoms with van der Waals surface area (Å²) in [5.74, 6) is -0.0205. The zero-order valence-electron chi connectivity index (χ0n) is 11.5. The number of rotatable bonds is 2. The lowest BCUT2D eigenvalue weighted by Crippen LogP contribution is -2.45. The van der Waals surface area contributed by atoms with Gasteiger partial charge in [0, 0.05) is 0 Å². The van der Waals surface area contributed by atoms with E-state index in [1.807, 2.05) is 0 Å². The number of imidazole rings is 1. The fourth-order valence-electron chi connectivity index (χ4n) is 2.55. The number of fused-ring (bicyclic) bond motifs is 1. The van der Waals surface area contributed by atoms with E-state index < -0.39 is 43.6 Å². The van der Waals surface area contributed by atoms with E-state index in [9.17, 15) is 23.4 Å². The highest BCUT2D eigenvalue weighted by atomic mass is 19.4. The van der Waals surface area contributed by atoms with Crippen molar-refractivity contribution in [1.29, 1.82) is 0 Å². The second-order valence-corrected chi connectivity index (χ2v) is 5.15. The summed E-state index contributed by atoms with van der Waals surface area (Å²) in [4.78, 5) is 7.37. The maximum Gasteiger partial charge on any atom is 0.487 e. The maximum atomic E-state index is 12.8. The molecular weight excluding hydrogens is 323 g/mol. The van der Waals surface area contributed by atoms with Crippen LogP contribution in [-0.2, 0) is 4.74 Å². The Balaban J connectivity index is 1.93. The molecule has 1 aromatic heterocycles. The highest BCUT2D eigenvalue weighted by molar-refractivity contribution is 5.65. The first-order chi connectivity index (χ1) is 10.8. The van der Waals surface area contributed by atoms with Crippen molar-refractivity contribution in [2.45, 2.75) is 37.0 Å². The number of aliphatic imine (C=N–C) groups is 1. The quantitative estimate of drug-likeness (QED) is 0.507. The lowest BCUT2D eigenvalue weighted by molar-refractivity contribution is -0.228. The van der Waals surface area contributed by atoms with E-state index in [-0.39, 0.29) is 16.4 Å². The minimum Gasteiger partial charge on any atom is -0.394 e. The third-order valence-corrected chi connectivity index (χ3v) is 3.76. The maximum absolute atomic E-state index is 12.8. The summed E-state index contributed by atoms with van der Waals surface area (Å²) in [6.07, 6.45) is -9.61. The number of hydrogen-bond donors (Lipinski definition) is 4. The minimum atomic E-state index is -4.72. The molecule has 0 radical (unpaired) electrons. The van der Waals surface area contributed by atoms with E-state index in [0.29, 0.717) is 6.34 Å². The number of aromatic nitrogens is 2. The van der Waals surface area contributed by atoms with E-state index in [0.717, 1.165) is 6.33 Å². The Morgan fingerprint density at radius 3 is 2.57 bits per heavy atom. The summed E-state index contributed by atoms with van der Waals surface area (Å²) in [6, 6.07) is 0.